The number of hydrogen-bond acceptors (Lipinski definition) is 6. The van der Waals surface area contributed by atoms with E-state index in [1.54, 1.807) is 34.6 Å². The molecular formula is C20H30NO6P. The predicted molar refractivity (Wildman–Crippen MR) is 108 cm³/mol. The third-order valence-electron chi connectivity index (χ3n) is 3.36. The van der Waals surface area contributed by atoms with E-state index in [-0.39, 0.29) is 25.0 Å². The fourth-order valence-corrected chi connectivity index (χ4v) is 4.66. The van der Waals surface area contributed by atoms with Crippen LogP contribution in [0.3, 0.4) is 0 Å². The van der Waals surface area contributed by atoms with Crippen molar-refractivity contribution in [1.82, 2.24) is 5.32 Å². The minimum Gasteiger partial charge on any atom is -0.459 e. The van der Waals surface area contributed by atoms with E-state index in [1.807, 2.05) is 30.3 Å². The first kappa shape index (κ1) is 24.1. The summed E-state index contributed by atoms with van der Waals surface area (Å²) in [4.78, 5) is 23.2. The van der Waals surface area contributed by atoms with Crippen LogP contribution in [-0.4, -0.2) is 36.8 Å². The van der Waals surface area contributed by atoms with Gasteiger partial charge in [-0.2, -0.15) is 0 Å². The maximum Gasteiger partial charge on any atom is 0.335 e. The highest BCUT2D eigenvalue weighted by Crippen LogP contribution is 2.51. The van der Waals surface area contributed by atoms with Gasteiger partial charge < -0.3 is 19.1 Å². The van der Waals surface area contributed by atoms with Gasteiger partial charge in [-0.3, -0.25) is 9.36 Å². The normalized spacial score (nSPS) is 13.5. The maximum atomic E-state index is 13.0. The molecule has 0 bridgehead atoms. The lowest BCUT2D eigenvalue weighted by atomic mass is 10.2. The van der Waals surface area contributed by atoms with Gasteiger partial charge in [0.05, 0.1) is 18.4 Å². The molecule has 1 rings (SSSR count). The Morgan fingerprint density at radius 3 is 2.18 bits per heavy atom. The van der Waals surface area contributed by atoms with Gasteiger partial charge in [-0.25, -0.2) is 4.79 Å². The zero-order valence-electron chi connectivity index (χ0n) is 17.1. The molecule has 0 aromatic heterocycles. The lowest BCUT2D eigenvalue weighted by Gasteiger charge is -2.23. The van der Waals surface area contributed by atoms with Crippen LogP contribution in [-0.2, 0) is 34.5 Å². The molecule has 8 heteroatoms. The fourth-order valence-electron chi connectivity index (χ4n) is 2.46. The lowest BCUT2D eigenvalue weighted by molar-refractivity contribution is -0.146. The molecule has 0 saturated heterocycles. The molecule has 0 spiro atoms. The molecule has 1 aromatic carbocycles. The summed E-state index contributed by atoms with van der Waals surface area (Å²) in [6.07, 6.45) is 1.37. The molecule has 0 aliphatic heterocycles. The summed E-state index contributed by atoms with van der Waals surface area (Å²) in [5, 5.41) is 2.41. The molecule has 28 heavy (non-hydrogen) atoms. The summed E-state index contributed by atoms with van der Waals surface area (Å²) in [6.45, 7) is 8.87. The molecule has 1 unspecified atom stereocenters. The summed E-state index contributed by atoms with van der Waals surface area (Å²) in [5.41, 5.74) is 1.42. The Hall–Kier alpha value is -1.95. The van der Waals surface area contributed by atoms with Crippen molar-refractivity contribution in [2.45, 2.75) is 59.5 Å². The van der Waals surface area contributed by atoms with Crippen LogP contribution in [0.2, 0.25) is 0 Å². The van der Waals surface area contributed by atoms with Crippen LogP contribution in [0, 0.1) is 0 Å². The van der Waals surface area contributed by atoms with E-state index in [0.29, 0.717) is 12.0 Å². The molecule has 0 aliphatic rings. The second-order valence-electron chi connectivity index (χ2n) is 6.95. The fraction of sp³-hybridized carbons (Fsp3) is 0.500. The summed E-state index contributed by atoms with van der Waals surface area (Å²) < 4.78 is 29.3. The van der Waals surface area contributed by atoms with Gasteiger partial charge in [-0.15, -0.1) is 0 Å². The zero-order chi connectivity index (χ0) is 21.2. The SMILES string of the molecule is C/C(=C\C(NC=O)C(=O)OCc1ccccc1)CP(=O)(OC(C)C)OC(C)C. The number of ether oxygens (including phenoxy) is 1. The predicted octanol–water partition coefficient (Wildman–Crippen LogP) is 3.83. The third kappa shape index (κ3) is 9.31. The molecule has 156 valence electrons. The number of rotatable bonds is 12. The van der Waals surface area contributed by atoms with Crippen LogP contribution >= 0.6 is 7.60 Å². The Morgan fingerprint density at radius 1 is 1.11 bits per heavy atom. The molecule has 1 aromatic rings. The van der Waals surface area contributed by atoms with Crippen molar-refractivity contribution in [3.05, 3.63) is 47.5 Å². The molecule has 0 saturated carbocycles. The molecule has 0 aliphatic carbocycles. The average Bonchev–Trinajstić information content (AvgIpc) is 2.58. The van der Waals surface area contributed by atoms with Gasteiger partial charge >= 0.3 is 13.6 Å². The van der Waals surface area contributed by atoms with Gasteiger partial charge in [0.15, 0.2) is 0 Å². The molecule has 1 N–H and O–H groups in total. The molecule has 1 atom stereocenters. The van der Waals surface area contributed by atoms with Gasteiger partial charge in [0.1, 0.15) is 12.6 Å². The summed E-state index contributed by atoms with van der Waals surface area (Å²) >= 11 is 0. The largest absolute Gasteiger partial charge is 0.459 e. The van der Waals surface area contributed by atoms with Crippen molar-refractivity contribution in [3.8, 4) is 0 Å². The molecule has 7 nitrogen and oxygen atoms in total. The Bertz CT molecular complexity index is 688. The standard InChI is InChI=1S/C20H30NO6P/c1-15(2)26-28(24,27-16(3)4)13-17(5)11-19(21-14-22)20(23)25-12-18-9-7-6-8-10-18/h6-11,14-16,19H,12-13H2,1-5H3,(H,21,22)/b17-11+. The van der Waals surface area contributed by atoms with E-state index in [1.165, 1.54) is 6.08 Å². The second kappa shape index (κ2) is 11.8. The number of carbonyl (C=O) groups excluding carboxylic acids is 2. The highest BCUT2D eigenvalue weighted by Gasteiger charge is 2.29. The zero-order valence-corrected chi connectivity index (χ0v) is 18.0. The van der Waals surface area contributed by atoms with Gasteiger partial charge in [0.2, 0.25) is 6.41 Å². The van der Waals surface area contributed by atoms with Crippen LogP contribution < -0.4 is 5.32 Å². The van der Waals surface area contributed by atoms with Crippen LogP contribution in [0.15, 0.2) is 42.0 Å². The van der Waals surface area contributed by atoms with Crippen molar-refractivity contribution >= 4 is 20.0 Å². The number of hydrogen-bond donors (Lipinski definition) is 1. The van der Waals surface area contributed by atoms with Crippen molar-refractivity contribution in [2.24, 2.45) is 0 Å². The Balaban J connectivity index is 2.84. The van der Waals surface area contributed by atoms with Crippen molar-refractivity contribution in [1.29, 1.82) is 0 Å². The lowest BCUT2D eigenvalue weighted by Crippen LogP contribution is -2.36. The number of nitrogens with one attached hydrogen (secondary N) is 1. The topological polar surface area (TPSA) is 90.9 Å². The highest BCUT2D eigenvalue weighted by atomic mass is 31.2. The maximum absolute atomic E-state index is 13.0. The van der Waals surface area contributed by atoms with Gasteiger partial charge in [0.25, 0.3) is 0 Å². The van der Waals surface area contributed by atoms with E-state index in [2.05, 4.69) is 5.32 Å². The van der Waals surface area contributed by atoms with E-state index < -0.39 is 19.6 Å². The number of carbonyl (C=O) groups is 2. The average molecular weight is 411 g/mol. The van der Waals surface area contributed by atoms with Gasteiger partial charge in [-0.05, 0) is 40.2 Å². The molecule has 0 radical (unpaired) electrons. The Morgan fingerprint density at radius 2 is 1.68 bits per heavy atom. The monoisotopic (exact) mass is 411 g/mol. The first-order valence-corrected chi connectivity index (χ1v) is 10.9. The quantitative estimate of drug-likeness (QED) is 0.243. The Labute approximate surface area is 167 Å². The Kier molecular flexibility index (Phi) is 10.1. The first-order chi connectivity index (χ1) is 13.1. The molecule has 0 heterocycles. The van der Waals surface area contributed by atoms with Gasteiger partial charge in [0, 0.05) is 0 Å². The number of esters is 1. The smallest absolute Gasteiger partial charge is 0.335 e. The summed E-state index contributed by atoms with van der Waals surface area (Å²) in [6, 6.07) is 8.22. The number of amides is 1. The van der Waals surface area contributed by atoms with E-state index >= 15 is 0 Å². The van der Waals surface area contributed by atoms with Crippen molar-refractivity contribution in [2.75, 3.05) is 6.16 Å². The van der Waals surface area contributed by atoms with E-state index in [9.17, 15) is 14.2 Å². The molecule has 1 amide bonds. The summed E-state index contributed by atoms with van der Waals surface area (Å²) in [7, 11) is -3.39. The van der Waals surface area contributed by atoms with Gasteiger partial charge in [-0.1, -0.05) is 42.0 Å². The minimum absolute atomic E-state index is 0.00631. The van der Waals surface area contributed by atoms with Crippen molar-refractivity contribution < 1.29 is 27.9 Å². The molecular weight excluding hydrogens is 381 g/mol. The van der Waals surface area contributed by atoms with Crippen molar-refractivity contribution in [3.63, 3.8) is 0 Å². The second-order valence-corrected chi connectivity index (χ2v) is 8.91. The van der Waals surface area contributed by atoms with E-state index in [0.717, 1.165) is 5.56 Å². The number of benzene rings is 1. The van der Waals surface area contributed by atoms with Crippen LogP contribution in [0.1, 0.15) is 40.2 Å². The molecule has 0 fully saturated rings. The summed E-state index contributed by atoms with van der Waals surface area (Å²) in [5.74, 6) is -0.611. The highest BCUT2D eigenvalue weighted by molar-refractivity contribution is 7.54. The van der Waals surface area contributed by atoms with Crippen LogP contribution in [0.4, 0.5) is 0 Å². The third-order valence-corrected chi connectivity index (χ3v) is 5.73. The van der Waals surface area contributed by atoms with Crippen LogP contribution in [0.5, 0.6) is 0 Å². The number of allylic oxidation sites excluding steroid dienone is 1. The van der Waals surface area contributed by atoms with E-state index in [4.69, 9.17) is 13.8 Å². The van der Waals surface area contributed by atoms with Crippen LogP contribution in [0.25, 0.3) is 0 Å². The minimum atomic E-state index is -3.39. The first-order valence-electron chi connectivity index (χ1n) is 9.18.